The molecular formula is C21H12Cl3FN2O2S2. The molecule has 1 heterocycles. The van der Waals surface area contributed by atoms with Gasteiger partial charge in [0.05, 0.1) is 26.4 Å². The Kier molecular flexibility index (Phi) is 6.23. The van der Waals surface area contributed by atoms with Gasteiger partial charge in [0.15, 0.2) is 0 Å². The molecule has 4 rings (SSSR count). The van der Waals surface area contributed by atoms with Crippen molar-refractivity contribution in [2.75, 3.05) is 4.72 Å². The average molecular weight is 514 g/mol. The van der Waals surface area contributed by atoms with Gasteiger partial charge in [-0.25, -0.2) is 17.8 Å². The first kappa shape index (κ1) is 22.0. The number of rotatable bonds is 5. The number of halogens is 4. The molecule has 10 heteroatoms. The normalized spacial score (nSPS) is 11.5. The van der Waals surface area contributed by atoms with Crippen LogP contribution in [0.1, 0.15) is 0 Å². The Morgan fingerprint density at radius 1 is 0.871 bits per heavy atom. The van der Waals surface area contributed by atoms with Gasteiger partial charge in [0.2, 0.25) is 0 Å². The number of hydrogen-bond donors (Lipinski definition) is 1. The summed E-state index contributed by atoms with van der Waals surface area (Å²) in [6.45, 7) is 0. The van der Waals surface area contributed by atoms with Crippen LogP contribution in [0.5, 0.6) is 0 Å². The van der Waals surface area contributed by atoms with E-state index in [4.69, 9.17) is 34.8 Å². The Morgan fingerprint density at radius 3 is 2.26 bits per heavy atom. The van der Waals surface area contributed by atoms with E-state index in [-0.39, 0.29) is 31.5 Å². The van der Waals surface area contributed by atoms with Gasteiger partial charge in [0.1, 0.15) is 15.7 Å². The minimum atomic E-state index is -4.08. The first-order valence-corrected chi connectivity index (χ1v) is 12.2. The second-order valence-electron chi connectivity index (χ2n) is 6.37. The summed E-state index contributed by atoms with van der Waals surface area (Å²) in [7, 11) is -4.08. The highest BCUT2D eigenvalue weighted by atomic mass is 35.5. The number of nitrogens with one attached hydrogen (secondary N) is 1. The first-order valence-electron chi connectivity index (χ1n) is 8.73. The van der Waals surface area contributed by atoms with E-state index in [1.54, 1.807) is 47.8 Å². The molecule has 0 saturated carbocycles. The molecule has 0 bridgehead atoms. The molecule has 31 heavy (non-hydrogen) atoms. The Hall–Kier alpha value is -2.16. The van der Waals surface area contributed by atoms with Crippen LogP contribution in [-0.2, 0) is 10.0 Å². The van der Waals surface area contributed by atoms with Crippen LogP contribution in [0.4, 0.5) is 10.1 Å². The molecule has 0 unspecified atom stereocenters. The lowest BCUT2D eigenvalue weighted by Crippen LogP contribution is -2.14. The van der Waals surface area contributed by atoms with Gasteiger partial charge < -0.3 is 0 Å². The Morgan fingerprint density at radius 2 is 1.52 bits per heavy atom. The van der Waals surface area contributed by atoms with Crippen LogP contribution in [0.3, 0.4) is 0 Å². The Labute approximate surface area is 197 Å². The molecule has 0 aliphatic heterocycles. The van der Waals surface area contributed by atoms with Crippen LogP contribution in [0.25, 0.3) is 21.8 Å². The van der Waals surface area contributed by atoms with Gasteiger partial charge in [-0.1, -0.05) is 65.1 Å². The number of thiazole rings is 1. The van der Waals surface area contributed by atoms with Crippen molar-refractivity contribution < 1.29 is 12.8 Å². The zero-order chi connectivity index (χ0) is 22.2. The summed E-state index contributed by atoms with van der Waals surface area (Å²) in [6, 6.07) is 15.5. The first-order chi connectivity index (χ1) is 14.8. The zero-order valence-corrected chi connectivity index (χ0v) is 19.3. The molecule has 3 aromatic carbocycles. The molecule has 0 fully saturated rings. The third kappa shape index (κ3) is 4.56. The lowest BCUT2D eigenvalue weighted by atomic mass is 10.1. The SMILES string of the molecule is O=S(=O)(Nc1ccccc1-c1csc(-c2ccccc2F)n1)c1cc(Cl)c(Cl)cc1Cl. The maximum Gasteiger partial charge on any atom is 0.263 e. The second-order valence-corrected chi connectivity index (χ2v) is 10.1. The predicted molar refractivity (Wildman–Crippen MR) is 125 cm³/mol. The second kappa shape index (κ2) is 8.76. The van der Waals surface area contributed by atoms with Crippen molar-refractivity contribution in [3.8, 4) is 21.8 Å². The number of hydrogen-bond acceptors (Lipinski definition) is 4. The summed E-state index contributed by atoms with van der Waals surface area (Å²) >= 11 is 19.2. The van der Waals surface area contributed by atoms with Crippen molar-refractivity contribution in [2.24, 2.45) is 0 Å². The predicted octanol–water partition coefficient (Wildman–Crippen LogP) is 7.38. The van der Waals surface area contributed by atoms with E-state index in [1.165, 1.54) is 29.5 Å². The molecule has 158 valence electrons. The van der Waals surface area contributed by atoms with E-state index in [0.29, 0.717) is 21.8 Å². The molecule has 1 aromatic heterocycles. The van der Waals surface area contributed by atoms with Crippen molar-refractivity contribution in [3.63, 3.8) is 0 Å². The average Bonchev–Trinajstić information content (AvgIpc) is 3.21. The molecule has 0 aliphatic carbocycles. The molecule has 4 nitrogen and oxygen atoms in total. The summed E-state index contributed by atoms with van der Waals surface area (Å²) in [5, 5.41) is 2.37. The number of anilines is 1. The van der Waals surface area contributed by atoms with E-state index >= 15 is 0 Å². The van der Waals surface area contributed by atoms with Crippen LogP contribution in [0.2, 0.25) is 15.1 Å². The molecule has 0 saturated heterocycles. The fourth-order valence-corrected chi connectivity index (χ4v) is 5.79. The quantitative estimate of drug-likeness (QED) is 0.283. The van der Waals surface area contributed by atoms with E-state index < -0.39 is 10.0 Å². The van der Waals surface area contributed by atoms with E-state index in [0.717, 1.165) is 0 Å². The molecule has 0 spiro atoms. The topological polar surface area (TPSA) is 59.1 Å². The summed E-state index contributed by atoms with van der Waals surface area (Å²) in [6.07, 6.45) is 0. The highest BCUT2D eigenvalue weighted by Gasteiger charge is 2.22. The number of para-hydroxylation sites is 1. The third-order valence-corrected chi connectivity index (χ3v) is 7.75. The minimum Gasteiger partial charge on any atom is -0.279 e. The smallest absolute Gasteiger partial charge is 0.263 e. The molecule has 0 amide bonds. The van der Waals surface area contributed by atoms with Crippen LogP contribution >= 0.6 is 46.1 Å². The van der Waals surface area contributed by atoms with Crippen LogP contribution in [-0.4, -0.2) is 13.4 Å². The van der Waals surface area contributed by atoms with Crippen molar-refractivity contribution >= 4 is 61.9 Å². The van der Waals surface area contributed by atoms with Gasteiger partial charge in [-0.3, -0.25) is 4.72 Å². The number of aromatic nitrogens is 1. The summed E-state index contributed by atoms with van der Waals surface area (Å²) in [4.78, 5) is 4.29. The van der Waals surface area contributed by atoms with Gasteiger partial charge in [0.25, 0.3) is 10.0 Å². The largest absolute Gasteiger partial charge is 0.279 e. The maximum absolute atomic E-state index is 14.1. The fraction of sp³-hybridized carbons (Fsp3) is 0. The summed E-state index contributed by atoms with van der Waals surface area (Å²) in [5.41, 5.74) is 1.69. The third-order valence-electron chi connectivity index (χ3n) is 4.32. The maximum atomic E-state index is 14.1. The molecule has 0 aliphatic rings. The minimum absolute atomic E-state index is 0.0603. The fourth-order valence-electron chi connectivity index (χ4n) is 2.86. The van der Waals surface area contributed by atoms with Crippen molar-refractivity contribution in [2.45, 2.75) is 4.90 Å². The van der Waals surface area contributed by atoms with Crippen molar-refractivity contribution in [1.82, 2.24) is 4.98 Å². The van der Waals surface area contributed by atoms with Crippen molar-refractivity contribution in [3.05, 3.63) is 86.9 Å². The van der Waals surface area contributed by atoms with Gasteiger partial charge in [-0.15, -0.1) is 11.3 Å². The van der Waals surface area contributed by atoms with Gasteiger partial charge in [-0.2, -0.15) is 0 Å². The summed E-state index contributed by atoms with van der Waals surface area (Å²) in [5.74, 6) is -0.383. The monoisotopic (exact) mass is 512 g/mol. The molecule has 1 N–H and O–H groups in total. The number of nitrogens with zero attached hydrogens (tertiary/aromatic N) is 1. The van der Waals surface area contributed by atoms with E-state index in [9.17, 15) is 12.8 Å². The van der Waals surface area contributed by atoms with Crippen LogP contribution < -0.4 is 4.72 Å². The highest BCUT2D eigenvalue weighted by molar-refractivity contribution is 7.92. The van der Waals surface area contributed by atoms with Gasteiger partial charge >= 0.3 is 0 Å². The molecule has 0 radical (unpaired) electrons. The van der Waals surface area contributed by atoms with Crippen molar-refractivity contribution in [1.29, 1.82) is 0 Å². The molecular weight excluding hydrogens is 502 g/mol. The summed E-state index contributed by atoms with van der Waals surface area (Å²) < 4.78 is 42.6. The van der Waals surface area contributed by atoms with E-state index in [2.05, 4.69) is 9.71 Å². The molecule has 4 aromatic rings. The zero-order valence-electron chi connectivity index (χ0n) is 15.4. The Bertz CT molecular complexity index is 1390. The van der Waals surface area contributed by atoms with Crippen LogP contribution in [0.15, 0.2) is 70.9 Å². The Balaban J connectivity index is 1.72. The number of benzene rings is 3. The standard InChI is InChI=1S/C21H12Cl3FN2O2S2/c22-14-9-16(24)20(10-15(14)23)31(28,29)27-18-8-4-2-6-13(18)19-11-30-21(26-19)12-5-1-3-7-17(12)25/h1-11,27H. The molecule has 0 atom stereocenters. The highest BCUT2D eigenvalue weighted by Crippen LogP contribution is 2.36. The van der Waals surface area contributed by atoms with Gasteiger partial charge in [0, 0.05) is 16.5 Å². The van der Waals surface area contributed by atoms with Crippen LogP contribution in [0, 0.1) is 5.82 Å². The van der Waals surface area contributed by atoms with Gasteiger partial charge in [-0.05, 0) is 30.3 Å². The van der Waals surface area contributed by atoms with E-state index in [1.807, 2.05) is 0 Å². The lowest BCUT2D eigenvalue weighted by Gasteiger charge is -2.13. The lowest BCUT2D eigenvalue weighted by molar-refractivity contribution is 0.601. The number of sulfonamides is 1.